The Balaban J connectivity index is 1.85. The molecule has 3 rings (SSSR count). The Bertz CT molecular complexity index is 1470. The minimum Gasteiger partial charge on any atom is -0.444 e. The molecule has 0 spiro atoms. The summed E-state index contributed by atoms with van der Waals surface area (Å²) >= 11 is 0. The van der Waals surface area contributed by atoms with Crippen LogP contribution in [-0.2, 0) is 38.4 Å². The van der Waals surface area contributed by atoms with E-state index in [1.807, 2.05) is 105 Å². The van der Waals surface area contributed by atoms with E-state index in [2.05, 4.69) is 10.6 Å². The van der Waals surface area contributed by atoms with Gasteiger partial charge in [-0.1, -0.05) is 105 Å². The van der Waals surface area contributed by atoms with Gasteiger partial charge in [-0.2, -0.15) is 0 Å². The van der Waals surface area contributed by atoms with E-state index < -0.39 is 53.5 Å². The molecule has 0 aromatic heterocycles. The zero-order valence-electron chi connectivity index (χ0n) is 29.4. The van der Waals surface area contributed by atoms with Crippen LogP contribution in [0.1, 0.15) is 70.6 Å². The molecule has 0 aliphatic heterocycles. The largest absolute Gasteiger partial charge is 0.444 e. The second-order valence-electron chi connectivity index (χ2n) is 14.3. The van der Waals surface area contributed by atoms with E-state index in [-0.39, 0.29) is 31.0 Å². The predicted octanol–water partition coefficient (Wildman–Crippen LogP) is 5.57. The van der Waals surface area contributed by atoms with Crippen molar-refractivity contribution < 1.29 is 29.0 Å². The Labute approximate surface area is 291 Å². The Hall–Kier alpha value is -4.50. The van der Waals surface area contributed by atoms with Crippen molar-refractivity contribution in [2.24, 2.45) is 23.5 Å². The average Bonchev–Trinajstić information content (AvgIpc) is 3.03. The maximum absolute atomic E-state index is 14.2. The fraction of sp³-hybridized carbons (Fsp3) is 0.450. The number of rotatable bonds is 18. The highest BCUT2D eigenvalue weighted by molar-refractivity contribution is 5.91. The Morgan fingerprint density at radius 3 is 1.67 bits per heavy atom. The third kappa shape index (κ3) is 14.3. The summed E-state index contributed by atoms with van der Waals surface area (Å²) in [7, 11) is 0. The summed E-state index contributed by atoms with van der Waals surface area (Å²) in [6.07, 6.45) is -0.467. The second-order valence-corrected chi connectivity index (χ2v) is 14.3. The average molecular weight is 672 g/mol. The lowest BCUT2D eigenvalue weighted by Gasteiger charge is -2.29. The topological polar surface area (TPSA) is 148 Å². The molecule has 3 aromatic carbocycles. The number of hydrogen-bond donors (Lipinski definition) is 4. The Morgan fingerprint density at radius 1 is 0.714 bits per heavy atom. The van der Waals surface area contributed by atoms with Crippen molar-refractivity contribution in [3.05, 3.63) is 108 Å². The van der Waals surface area contributed by atoms with Crippen molar-refractivity contribution in [3.8, 4) is 0 Å². The lowest BCUT2D eigenvalue weighted by Crippen LogP contribution is -2.49. The molecule has 0 aliphatic carbocycles. The quantitative estimate of drug-likeness (QED) is 0.139. The zero-order chi connectivity index (χ0) is 36.0. The molecule has 0 saturated carbocycles. The van der Waals surface area contributed by atoms with Crippen LogP contribution in [0.5, 0.6) is 0 Å². The molecule has 0 saturated heterocycles. The van der Waals surface area contributed by atoms with Gasteiger partial charge in [-0.25, -0.2) is 4.79 Å². The summed E-state index contributed by atoms with van der Waals surface area (Å²) < 4.78 is 5.50. The molecule has 5 atom stereocenters. The molecular formula is C40H53N3O6. The van der Waals surface area contributed by atoms with Crippen LogP contribution in [-0.4, -0.2) is 52.6 Å². The number of aliphatic hydroxyl groups excluding tert-OH is 1. The highest BCUT2D eigenvalue weighted by atomic mass is 16.6. The van der Waals surface area contributed by atoms with Crippen molar-refractivity contribution >= 4 is 23.7 Å². The Morgan fingerprint density at radius 2 is 1.20 bits per heavy atom. The van der Waals surface area contributed by atoms with Gasteiger partial charge in [0.15, 0.2) is 0 Å². The molecule has 9 nitrogen and oxygen atoms in total. The highest BCUT2D eigenvalue weighted by Crippen LogP contribution is 2.25. The summed E-state index contributed by atoms with van der Waals surface area (Å²) in [4.78, 5) is 53.1. The van der Waals surface area contributed by atoms with E-state index in [9.17, 15) is 24.3 Å². The molecule has 264 valence electrons. The molecule has 0 radical (unpaired) electrons. The third-order valence-electron chi connectivity index (χ3n) is 8.29. The number of carbonyl (C=O) groups is 4. The standard InChI is InChI=1S/C40H53N3O6/c1-27(2)21-32(38(47)42-34(37(41)46)24-30-19-13-8-14-20-30)26-35(44)31(22-28-15-9-6-10-16-28)25-36(45)33(23-29-17-11-7-12-18-29)43-39(48)49-40(3,4)5/h6-20,27,31-34,36,45H,21-26H2,1-5H3,(H2,41,46)(H,42,47)(H,43,48)/t31-,32-,33+,34?,36-/m1/s1. The summed E-state index contributed by atoms with van der Waals surface area (Å²) in [6.45, 7) is 9.24. The van der Waals surface area contributed by atoms with E-state index >= 15 is 0 Å². The van der Waals surface area contributed by atoms with E-state index in [1.54, 1.807) is 20.8 Å². The molecule has 0 bridgehead atoms. The fourth-order valence-corrected chi connectivity index (χ4v) is 5.92. The minimum atomic E-state index is -1.10. The van der Waals surface area contributed by atoms with Crippen LogP contribution in [0.4, 0.5) is 4.79 Å². The molecule has 9 heteroatoms. The monoisotopic (exact) mass is 671 g/mol. The van der Waals surface area contributed by atoms with Crippen LogP contribution in [0.15, 0.2) is 91.0 Å². The molecule has 3 amide bonds. The number of nitrogens with one attached hydrogen (secondary N) is 2. The first-order valence-electron chi connectivity index (χ1n) is 17.1. The van der Waals surface area contributed by atoms with Crippen LogP contribution >= 0.6 is 0 Å². The highest BCUT2D eigenvalue weighted by Gasteiger charge is 2.33. The molecule has 0 aliphatic rings. The van der Waals surface area contributed by atoms with Gasteiger partial charge in [0.05, 0.1) is 12.1 Å². The van der Waals surface area contributed by atoms with Gasteiger partial charge in [0, 0.05) is 24.7 Å². The van der Waals surface area contributed by atoms with Gasteiger partial charge < -0.3 is 26.2 Å². The first kappa shape index (κ1) is 38.9. The molecular weight excluding hydrogens is 618 g/mol. The molecule has 5 N–H and O–H groups in total. The summed E-state index contributed by atoms with van der Waals surface area (Å²) in [5, 5.41) is 17.3. The number of ketones is 1. The lowest BCUT2D eigenvalue weighted by molar-refractivity contribution is -0.134. The number of ether oxygens (including phenoxy) is 1. The normalized spacial score (nSPS) is 14.6. The summed E-state index contributed by atoms with van der Waals surface area (Å²) in [5.41, 5.74) is 7.62. The van der Waals surface area contributed by atoms with Gasteiger partial charge in [-0.05, 0) is 69.1 Å². The molecule has 1 unspecified atom stereocenters. The Kier molecular flexibility index (Phi) is 15.0. The van der Waals surface area contributed by atoms with Crippen LogP contribution in [0, 0.1) is 17.8 Å². The van der Waals surface area contributed by atoms with Crippen molar-refractivity contribution in [1.82, 2.24) is 10.6 Å². The van der Waals surface area contributed by atoms with Gasteiger partial charge in [0.1, 0.15) is 17.4 Å². The first-order valence-corrected chi connectivity index (χ1v) is 17.1. The van der Waals surface area contributed by atoms with E-state index in [0.29, 0.717) is 19.3 Å². The minimum absolute atomic E-state index is 0.0506. The number of alkyl carbamates (subject to hydrolysis) is 1. The number of aliphatic hydroxyl groups is 1. The van der Waals surface area contributed by atoms with Crippen LogP contribution in [0.25, 0.3) is 0 Å². The number of benzene rings is 3. The summed E-state index contributed by atoms with van der Waals surface area (Å²) in [5.74, 6) is -2.52. The third-order valence-corrected chi connectivity index (χ3v) is 8.29. The summed E-state index contributed by atoms with van der Waals surface area (Å²) in [6, 6.07) is 26.6. The SMILES string of the molecule is CC(C)C[C@H](CC(=O)[C@H](Cc1ccccc1)C[C@@H](O)[C@H](Cc1ccccc1)NC(=O)OC(C)(C)C)C(=O)NC(Cc1ccccc1)C(N)=O. The first-order chi connectivity index (χ1) is 23.2. The maximum Gasteiger partial charge on any atom is 0.407 e. The van der Waals surface area contributed by atoms with E-state index in [1.165, 1.54) is 0 Å². The lowest BCUT2D eigenvalue weighted by atomic mass is 9.82. The van der Waals surface area contributed by atoms with Crippen molar-refractivity contribution in [1.29, 1.82) is 0 Å². The maximum atomic E-state index is 14.2. The number of hydrogen-bond acceptors (Lipinski definition) is 6. The van der Waals surface area contributed by atoms with Crippen LogP contribution < -0.4 is 16.4 Å². The van der Waals surface area contributed by atoms with Crippen molar-refractivity contribution in [2.75, 3.05) is 0 Å². The van der Waals surface area contributed by atoms with Crippen LogP contribution in [0.2, 0.25) is 0 Å². The smallest absolute Gasteiger partial charge is 0.407 e. The zero-order valence-corrected chi connectivity index (χ0v) is 29.4. The number of primary amides is 1. The van der Waals surface area contributed by atoms with E-state index in [0.717, 1.165) is 16.7 Å². The number of carbonyl (C=O) groups excluding carboxylic acids is 4. The molecule has 3 aromatic rings. The number of nitrogens with two attached hydrogens (primary N) is 1. The van der Waals surface area contributed by atoms with E-state index in [4.69, 9.17) is 10.5 Å². The van der Waals surface area contributed by atoms with Crippen LogP contribution in [0.3, 0.4) is 0 Å². The van der Waals surface area contributed by atoms with Gasteiger partial charge >= 0.3 is 6.09 Å². The molecule has 0 heterocycles. The molecule has 49 heavy (non-hydrogen) atoms. The number of Topliss-reactive ketones (excluding diaryl/α,β-unsaturated/α-hetero) is 1. The van der Waals surface area contributed by atoms with Gasteiger partial charge in [-0.3, -0.25) is 14.4 Å². The number of amides is 3. The van der Waals surface area contributed by atoms with Crippen molar-refractivity contribution in [3.63, 3.8) is 0 Å². The predicted molar refractivity (Wildman–Crippen MR) is 191 cm³/mol. The van der Waals surface area contributed by atoms with Crippen molar-refractivity contribution in [2.45, 2.75) is 96.9 Å². The fourth-order valence-electron chi connectivity index (χ4n) is 5.92. The molecule has 0 fully saturated rings. The van der Waals surface area contributed by atoms with Gasteiger partial charge in [0.2, 0.25) is 11.8 Å². The van der Waals surface area contributed by atoms with Gasteiger partial charge in [0.25, 0.3) is 0 Å². The second kappa shape index (κ2) is 18.9. The van der Waals surface area contributed by atoms with Gasteiger partial charge in [-0.15, -0.1) is 0 Å².